The lowest BCUT2D eigenvalue weighted by Gasteiger charge is -2.27. The molecule has 3 N–H and O–H groups in total. The van der Waals surface area contributed by atoms with Crippen LogP contribution in [-0.4, -0.2) is 68.4 Å². The van der Waals surface area contributed by atoms with Gasteiger partial charge in [-0.05, 0) is 49.8 Å². The summed E-state index contributed by atoms with van der Waals surface area (Å²) in [5, 5.41) is 16.0. The minimum atomic E-state index is -0.0250. The summed E-state index contributed by atoms with van der Waals surface area (Å²) in [7, 11) is 1.75. The molecule has 0 saturated carbocycles. The summed E-state index contributed by atoms with van der Waals surface area (Å²) in [4.78, 5) is 18.8. The van der Waals surface area contributed by atoms with Crippen molar-refractivity contribution in [1.82, 2.24) is 15.5 Å². The fourth-order valence-corrected chi connectivity index (χ4v) is 4.03. The SMILES string of the molecule is CN=C(NCc1ccc(C(=O)N2CCCCC2)cc1)NCC1(CCO)CCOC1.I. The third kappa shape index (κ3) is 6.81. The second-order valence-electron chi connectivity index (χ2n) is 8.11. The number of nitrogens with zero attached hydrogens (tertiary/aromatic N) is 2. The van der Waals surface area contributed by atoms with Crippen LogP contribution in [0.1, 0.15) is 48.0 Å². The number of likely N-dealkylation sites (tertiary alicyclic amines) is 1. The van der Waals surface area contributed by atoms with E-state index in [4.69, 9.17) is 4.74 Å². The topological polar surface area (TPSA) is 86.2 Å². The number of nitrogens with one attached hydrogen (secondary N) is 2. The lowest BCUT2D eigenvalue weighted by Crippen LogP contribution is -2.44. The molecule has 3 rings (SSSR count). The van der Waals surface area contributed by atoms with E-state index in [2.05, 4.69) is 15.6 Å². The Balaban J connectivity index is 0.00000320. The van der Waals surface area contributed by atoms with E-state index >= 15 is 0 Å². The van der Waals surface area contributed by atoms with Crippen LogP contribution in [0.2, 0.25) is 0 Å². The molecule has 2 aliphatic heterocycles. The summed E-state index contributed by atoms with van der Waals surface area (Å²) < 4.78 is 5.54. The third-order valence-corrected chi connectivity index (χ3v) is 5.99. The molecule has 2 heterocycles. The van der Waals surface area contributed by atoms with Gasteiger partial charge >= 0.3 is 0 Å². The second-order valence-corrected chi connectivity index (χ2v) is 8.11. The Morgan fingerprint density at radius 2 is 1.93 bits per heavy atom. The van der Waals surface area contributed by atoms with Gasteiger partial charge in [0.25, 0.3) is 5.91 Å². The molecule has 2 aliphatic rings. The number of guanidine groups is 1. The molecular formula is C22H35IN4O3. The van der Waals surface area contributed by atoms with Crippen LogP contribution in [0.5, 0.6) is 0 Å². The largest absolute Gasteiger partial charge is 0.396 e. The smallest absolute Gasteiger partial charge is 0.253 e. The fourth-order valence-electron chi connectivity index (χ4n) is 4.03. The van der Waals surface area contributed by atoms with Crippen LogP contribution in [0.25, 0.3) is 0 Å². The molecular weight excluding hydrogens is 495 g/mol. The Bertz CT molecular complexity index is 684. The van der Waals surface area contributed by atoms with E-state index in [-0.39, 0.29) is 41.9 Å². The number of halogens is 1. The number of carbonyl (C=O) groups is 1. The molecule has 1 atom stereocenters. The standard InChI is InChI=1S/C22H34N4O3.HI/c1-23-21(25-16-22(9-13-27)10-14-29-17-22)24-15-18-5-7-19(8-6-18)20(28)26-11-3-2-4-12-26;/h5-8,27H,2-4,9-17H2,1H3,(H2,23,24,25);1H. The number of piperidine rings is 1. The van der Waals surface area contributed by atoms with Gasteiger partial charge in [0.2, 0.25) is 0 Å². The number of rotatable bonds is 7. The first-order chi connectivity index (χ1) is 14.2. The number of amides is 1. The quantitative estimate of drug-likeness (QED) is 0.287. The van der Waals surface area contributed by atoms with Crippen LogP contribution in [0.3, 0.4) is 0 Å². The second kappa shape index (κ2) is 12.5. The highest BCUT2D eigenvalue weighted by Crippen LogP contribution is 2.31. The van der Waals surface area contributed by atoms with Crippen LogP contribution in [0.15, 0.2) is 29.3 Å². The van der Waals surface area contributed by atoms with Crippen molar-refractivity contribution in [2.75, 3.05) is 46.5 Å². The summed E-state index contributed by atoms with van der Waals surface area (Å²) in [6.07, 6.45) is 5.10. The summed E-state index contributed by atoms with van der Waals surface area (Å²) in [5.74, 6) is 0.859. The van der Waals surface area contributed by atoms with Gasteiger partial charge in [0, 0.05) is 57.4 Å². The highest BCUT2D eigenvalue weighted by Gasteiger charge is 2.34. The van der Waals surface area contributed by atoms with Crippen LogP contribution in [0, 0.1) is 5.41 Å². The number of aliphatic hydroxyl groups is 1. The summed E-state index contributed by atoms with van der Waals surface area (Å²) in [6, 6.07) is 7.82. The Morgan fingerprint density at radius 3 is 2.53 bits per heavy atom. The first kappa shape index (κ1) is 24.9. The van der Waals surface area contributed by atoms with Gasteiger partial charge in [0.05, 0.1) is 6.61 Å². The van der Waals surface area contributed by atoms with Crippen molar-refractivity contribution in [3.8, 4) is 0 Å². The lowest BCUT2D eigenvalue weighted by atomic mass is 9.84. The van der Waals surface area contributed by atoms with Crippen molar-refractivity contribution in [3.05, 3.63) is 35.4 Å². The third-order valence-electron chi connectivity index (χ3n) is 5.99. The average Bonchev–Trinajstić information content (AvgIpc) is 3.23. The van der Waals surface area contributed by atoms with Gasteiger partial charge in [0.15, 0.2) is 5.96 Å². The summed E-state index contributed by atoms with van der Waals surface area (Å²) >= 11 is 0. The van der Waals surface area contributed by atoms with E-state index in [9.17, 15) is 9.90 Å². The molecule has 168 valence electrons. The van der Waals surface area contributed by atoms with Gasteiger partial charge in [-0.2, -0.15) is 0 Å². The number of benzene rings is 1. The van der Waals surface area contributed by atoms with Crippen molar-refractivity contribution in [2.45, 2.75) is 38.6 Å². The molecule has 7 nitrogen and oxygen atoms in total. The maximum Gasteiger partial charge on any atom is 0.253 e. The molecule has 8 heteroatoms. The Kier molecular flexibility index (Phi) is 10.3. The van der Waals surface area contributed by atoms with Crippen LogP contribution < -0.4 is 10.6 Å². The zero-order valence-electron chi connectivity index (χ0n) is 17.9. The van der Waals surface area contributed by atoms with Crippen molar-refractivity contribution in [3.63, 3.8) is 0 Å². The van der Waals surface area contributed by atoms with E-state index in [0.29, 0.717) is 13.2 Å². The molecule has 0 aromatic heterocycles. The highest BCUT2D eigenvalue weighted by molar-refractivity contribution is 14.0. The van der Waals surface area contributed by atoms with Crippen molar-refractivity contribution in [1.29, 1.82) is 0 Å². The predicted octanol–water partition coefficient (Wildman–Crippen LogP) is 2.38. The van der Waals surface area contributed by atoms with Gasteiger partial charge in [-0.15, -0.1) is 24.0 Å². The van der Waals surface area contributed by atoms with Crippen LogP contribution >= 0.6 is 24.0 Å². The zero-order valence-corrected chi connectivity index (χ0v) is 20.2. The van der Waals surface area contributed by atoms with Crippen molar-refractivity contribution < 1.29 is 14.6 Å². The van der Waals surface area contributed by atoms with Crippen molar-refractivity contribution >= 4 is 35.8 Å². The van der Waals surface area contributed by atoms with Crippen LogP contribution in [-0.2, 0) is 11.3 Å². The number of carbonyl (C=O) groups excluding carboxylic acids is 1. The minimum absolute atomic E-state index is 0. The highest BCUT2D eigenvalue weighted by atomic mass is 127. The molecule has 0 aliphatic carbocycles. The Hall–Kier alpha value is -1.39. The molecule has 0 spiro atoms. The Morgan fingerprint density at radius 1 is 1.20 bits per heavy atom. The molecule has 1 aromatic carbocycles. The number of ether oxygens (including phenoxy) is 1. The number of hydrogen-bond acceptors (Lipinski definition) is 4. The van der Waals surface area contributed by atoms with Gasteiger partial charge in [-0.1, -0.05) is 12.1 Å². The first-order valence-electron chi connectivity index (χ1n) is 10.7. The van der Waals surface area contributed by atoms with Gasteiger partial charge in [-0.3, -0.25) is 9.79 Å². The molecule has 1 unspecified atom stereocenters. The predicted molar refractivity (Wildman–Crippen MR) is 129 cm³/mol. The number of hydrogen-bond donors (Lipinski definition) is 3. The van der Waals surface area contributed by atoms with Gasteiger partial charge in [-0.25, -0.2) is 0 Å². The maximum atomic E-state index is 12.6. The molecule has 0 bridgehead atoms. The van der Waals surface area contributed by atoms with E-state index in [1.807, 2.05) is 29.2 Å². The van der Waals surface area contributed by atoms with E-state index in [1.54, 1.807) is 7.05 Å². The van der Waals surface area contributed by atoms with E-state index < -0.39 is 0 Å². The zero-order chi connectivity index (χ0) is 20.5. The van der Waals surface area contributed by atoms with E-state index in [1.165, 1.54) is 6.42 Å². The van der Waals surface area contributed by atoms with Crippen LogP contribution in [0.4, 0.5) is 0 Å². The van der Waals surface area contributed by atoms with Crippen molar-refractivity contribution in [2.24, 2.45) is 10.4 Å². The summed E-state index contributed by atoms with van der Waals surface area (Å²) in [5.41, 5.74) is 1.82. The van der Waals surface area contributed by atoms with E-state index in [0.717, 1.165) is 69.0 Å². The Labute approximate surface area is 196 Å². The fraction of sp³-hybridized carbons (Fsp3) is 0.636. The molecule has 1 aromatic rings. The lowest BCUT2D eigenvalue weighted by molar-refractivity contribution is 0.0724. The number of aliphatic hydroxyl groups excluding tert-OH is 1. The first-order valence-corrected chi connectivity index (χ1v) is 10.7. The van der Waals surface area contributed by atoms with Gasteiger partial charge < -0.3 is 25.4 Å². The van der Waals surface area contributed by atoms with Gasteiger partial charge in [0.1, 0.15) is 0 Å². The molecule has 30 heavy (non-hydrogen) atoms. The molecule has 2 saturated heterocycles. The molecule has 2 fully saturated rings. The maximum absolute atomic E-state index is 12.6. The normalized spacial score (nSPS) is 21.8. The monoisotopic (exact) mass is 530 g/mol. The molecule has 1 amide bonds. The number of aliphatic imine (C=N–C) groups is 1. The minimum Gasteiger partial charge on any atom is -0.396 e. The summed E-state index contributed by atoms with van der Waals surface area (Å²) in [6.45, 7) is 4.66. The average molecular weight is 530 g/mol. The molecule has 0 radical (unpaired) electrons.